The Hall–Kier alpha value is -3.45. The lowest BCUT2D eigenvalue weighted by Crippen LogP contribution is -2.32. The third kappa shape index (κ3) is 3.96. The van der Waals surface area contributed by atoms with Crippen LogP contribution in [0.25, 0.3) is 10.2 Å². The Labute approximate surface area is 184 Å². The lowest BCUT2D eigenvalue weighted by atomic mass is 10.1. The number of hydrogen-bond donors (Lipinski definition) is 0. The van der Waals surface area contributed by atoms with Crippen molar-refractivity contribution in [2.24, 2.45) is 0 Å². The normalized spacial score (nSPS) is 12.3. The number of hydrogen-bond acceptors (Lipinski definition) is 6. The van der Waals surface area contributed by atoms with Crippen LogP contribution in [0.2, 0.25) is 0 Å². The molecule has 1 aliphatic rings. The van der Waals surface area contributed by atoms with Gasteiger partial charge in [0.25, 0.3) is 0 Å². The van der Waals surface area contributed by atoms with Gasteiger partial charge in [0.1, 0.15) is 0 Å². The smallest absolute Gasteiger partial charge is 0.233 e. The number of fused-ring (bicyclic) bond motifs is 2. The van der Waals surface area contributed by atoms with Gasteiger partial charge in [-0.2, -0.15) is 0 Å². The lowest BCUT2D eigenvalue weighted by Gasteiger charge is -2.19. The van der Waals surface area contributed by atoms with Crippen molar-refractivity contribution in [2.75, 3.05) is 11.7 Å². The van der Waals surface area contributed by atoms with E-state index in [1.54, 1.807) is 11.1 Å². The molecule has 0 aliphatic carbocycles. The molecule has 156 valence electrons. The van der Waals surface area contributed by atoms with Crippen molar-refractivity contribution < 1.29 is 14.3 Å². The summed E-state index contributed by atoms with van der Waals surface area (Å²) in [5, 5.41) is 0.681. The molecule has 0 atom stereocenters. The number of carbonyl (C=O) groups excluding carboxylic acids is 1. The quantitative estimate of drug-likeness (QED) is 0.454. The predicted octanol–water partition coefficient (Wildman–Crippen LogP) is 4.81. The summed E-state index contributed by atoms with van der Waals surface area (Å²) in [4.78, 5) is 24.4. The molecule has 31 heavy (non-hydrogen) atoms. The summed E-state index contributed by atoms with van der Waals surface area (Å²) < 4.78 is 11.9. The molecule has 0 radical (unpaired) electrons. The molecule has 1 aliphatic heterocycles. The molecule has 2 aromatic heterocycles. The molecule has 7 heteroatoms. The van der Waals surface area contributed by atoms with Crippen LogP contribution in [0.15, 0.2) is 54.7 Å². The van der Waals surface area contributed by atoms with Crippen LogP contribution in [0.1, 0.15) is 22.4 Å². The number of aromatic nitrogens is 2. The van der Waals surface area contributed by atoms with Crippen molar-refractivity contribution in [3.63, 3.8) is 0 Å². The minimum atomic E-state index is -0.0436. The minimum absolute atomic E-state index is 0.0436. The molecule has 4 aromatic rings. The number of benzene rings is 2. The maximum absolute atomic E-state index is 13.4. The molecule has 0 saturated carbocycles. The van der Waals surface area contributed by atoms with Crippen LogP contribution in [0, 0.1) is 13.8 Å². The van der Waals surface area contributed by atoms with E-state index in [0.717, 1.165) is 27.0 Å². The highest BCUT2D eigenvalue weighted by molar-refractivity contribution is 7.22. The molecule has 0 N–H and O–H groups in total. The Morgan fingerprint density at radius 2 is 1.97 bits per heavy atom. The molecule has 5 rings (SSSR count). The highest BCUT2D eigenvalue weighted by atomic mass is 32.1. The van der Waals surface area contributed by atoms with Crippen LogP contribution in [-0.4, -0.2) is 22.7 Å². The SMILES string of the molecule is Cc1cc(C)c2nc(N(Cc3ccccn3)C(=O)Cc3ccc4c(c3)OCO4)sc2c1. The third-order valence-corrected chi connectivity index (χ3v) is 6.21. The average Bonchev–Trinajstić information content (AvgIpc) is 3.39. The number of thiazole rings is 1. The van der Waals surface area contributed by atoms with Crippen molar-refractivity contribution in [3.8, 4) is 11.5 Å². The fraction of sp³-hybridized carbons (Fsp3) is 0.208. The summed E-state index contributed by atoms with van der Waals surface area (Å²) in [6, 6.07) is 15.6. The van der Waals surface area contributed by atoms with Crippen LogP contribution in [-0.2, 0) is 17.8 Å². The first-order valence-corrected chi connectivity index (χ1v) is 10.8. The Bertz CT molecular complexity index is 1270. The van der Waals surface area contributed by atoms with Gasteiger partial charge in [-0.05, 0) is 60.9 Å². The number of ether oxygens (including phenoxy) is 2. The molecule has 0 spiro atoms. The van der Waals surface area contributed by atoms with Gasteiger partial charge in [0.15, 0.2) is 16.6 Å². The van der Waals surface area contributed by atoms with E-state index < -0.39 is 0 Å². The molecular weight excluding hydrogens is 410 g/mol. The van der Waals surface area contributed by atoms with Crippen molar-refractivity contribution in [2.45, 2.75) is 26.8 Å². The van der Waals surface area contributed by atoms with Gasteiger partial charge in [0, 0.05) is 6.20 Å². The maximum Gasteiger partial charge on any atom is 0.233 e. The zero-order valence-corrected chi connectivity index (χ0v) is 18.1. The zero-order valence-electron chi connectivity index (χ0n) is 17.3. The molecule has 2 aromatic carbocycles. The first kappa shape index (κ1) is 19.5. The van der Waals surface area contributed by atoms with Crippen molar-refractivity contribution in [1.29, 1.82) is 0 Å². The Morgan fingerprint density at radius 3 is 2.81 bits per heavy atom. The second kappa shape index (κ2) is 8.00. The van der Waals surface area contributed by atoms with Gasteiger partial charge in [-0.25, -0.2) is 4.98 Å². The first-order chi connectivity index (χ1) is 15.1. The second-order valence-corrected chi connectivity index (χ2v) is 8.60. The summed E-state index contributed by atoms with van der Waals surface area (Å²) in [5.74, 6) is 1.34. The molecule has 1 amide bonds. The number of nitrogens with zero attached hydrogens (tertiary/aromatic N) is 3. The van der Waals surface area contributed by atoms with Gasteiger partial charge in [0.05, 0.1) is 28.9 Å². The summed E-state index contributed by atoms with van der Waals surface area (Å²) in [5.41, 5.74) is 4.91. The van der Waals surface area contributed by atoms with Crippen molar-refractivity contribution >= 4 is 32.6 Å². The largest absolute Gasteiger partial charge is 0.454 e. The lowest BCUT2D eigenvalue weighted by molar-refractivity contribution is -0.118. The number of pyridine rings is 1. The number of amides is 1. The first-order valence-electron chi connectivity index (χ1n) is 10.0. The van der Waals surface area contributed by atoms with Crippen molar-refractivity contribution in [1.82, 2.24) is 9.97 Å². The van der Waals surface area contributed by atoms with Crippen LogP contribution in [0.5, 0.6) is 11.5 Å². The van der Waals surface area contributed by atoms with Crippen LogP contribution < -0.4 is 14.4 Å². The van der Waals surface area contributed by atoms with Gasteiger partial charge >= 0.3 is 0 Å². The van der Waals surface area contributed by atoms with E-state index in [1.165, 1.54) is 16.9 Å². The van der Waals surface area contributed by atoms with E-state index in [-0.39, 0.29) is 19.1 Å². The summed E-state index contributed by atoms with van der Waals surface area (Å²) in [7, 11) is 0. The van der Waals surface area contributed by atoms with E-state index in [1.807, 2.05) is 36.4 Å². The van der Waals surface area contributed by atoms with Gasteiger partial charge in [-0.1, -0.05) is 29.5 Å². The monoisotopic (exact) mass is 431 g/mol. The highest BCUT2D eigenvalue weighted by Crippen LogP contribution is 2.34. The fourth-order valence-electron chi connectivity index (χ4n) is 3.71. The third-order valence-electron chi connectivity index (χ3n) is 5.19. The fourth-order valence-corrected chi connectivity index (χ4v) is 4.87. The topological polar surface area (TPSA) is 64.6 Å². The molecule has 0 saturated heterocycles. The highest BCUT2D eigenvalue weighted by Gasteiger charge is 2.23. The number of carbonyl (C=O) groups is 1. The molecule has 0 fully saturated rings. The summed E-state index contributed by atoms with van der Waals surface area (Å²) >= 11 is 1.53. The Morgan fingerprint density at radius 1 is 1.10 bits per heavy atom. The van der Waals surface area contributed by atoms with Gasteiger partial charge < -0.3 is 9.47 Å². The summed E-state index contributed by atoms with van der Waals surface area (Å²) in [6.45, 7) is 4.70. The molecular formula is C24H21N3O3S. The van der Waals surface area contributed by atoms with E-state index in [0.29, 0.717) is 23.2 Å². The zero-order chi connectivity index (χ0) is 21.4. The molecule has 0 unspecified atom stereocenters. The van der Waals surface area contributed by atoms with Crippen molar-refractivity contribution in [3.05, 3.63) is 77.1 Å². The standard InChI is InChI=1S/C24H21N3O3S/c1-15-9-16(2)23-21(10-15)31-24(26-23)27(13-18-5-3-4-8-25-18)22(28)12-17-6-7-19-20(11-17)30-14-29-19/h3-11H,12-14H2,1-2H3. The minimum Gasteiger partial charge on any atom is -0.454 e. The molecule has 0 bridgehead atoms. The molecule has 3 heterocycles. The Kier molecular flexibility index (Phi) is 5.03. The Balaban J connectivity index is 1.49. The van der Waals surface area contributed by atoms with Crippen LogP contribution >= 0.6 is 11.3 Å². The van der Waals surface area contributed by atoms with Crippen LogP contribution in [0.4, 0.5) is 5.13 Å². The predicted molar refractivity (Wildman–Crippen MR) is 121 cm³/mol. The van der Waals surface area contributed by atoms with E-state index in [9.17, 15) is 4.79 Å². The molecule has 6 nitrogen and oxygen atoms in total. The maximum atomic E-state index is 13.4. The summed E-state index contributed by atoms with van der Waals surface area (Å²) in [6.07, 6.45) is 1.97. The van der Waals surface area contributed by atoms with Crippen LogP contribution in [0.3, 0.4) is 0 Å². The van der Waals surface area contributed by atoms with Gasteiger partial charge in [0.2, 0.25) is 12.7 Å². The number of aryl methyl sites for hydroxylation is 2. The van der Waals surface area contributed by atoms with E-state index in [4.69, 9.17) is 14.5 Å². The second-order valence-electron chi connectivity index (χ2n) is 7.59. The number of rotatable bonds is 5. The van der Waals surface area contributed by atoms with Gasteiger partial charge in [-0.3, -0.25) is 14.7 Å². The number of anilines is 1. The van der Waals surface area contributed by atoms with E-state index in [2.05, 4.69) is 31.0 Å². The van der Waals surface area contributed by atoms with Gasteiger partial charge in [-0.15, -0.1) is 0 Å². The average molecular weight is 432 g/mol. The van der Waals surface area contributed by atoms with E-state index >= 15 is 0 Å².